The third-order valence-corrected chi connectivity index (χ3v) is 9.45. The van der Waals surface area contributed by atoms with Gasteiger partial charge in [-0.1, -0.05) is 109 Å². The van der Waals surface area contributed by atoms with Gasteiger partial charge in [0.15, 0.2) is 0 Å². The van der Waals surface area contributed by atoms with Crippen molar-refractivity contribution in [2.75, 3.05) is 13.2 Å². The molecule has 0 aliphatic carbocycles. The Morgan fingerprint density at radius 1 is 0.617 bits per heavy atom. The van der Waals surface area contributed by atoms with Crippen LogP contribution >= 0.6 is 7.60 Å². The van der Waals surface area contributed by atoms with Gasteiger partial charge >= 0.3 is 18.5 Å². The SMILES string of the molecule is NS(=O)(=O)C(F)(F)c1ccc(CC(COCc2ccccc2)(COCc2ccccc2)Cc2ccc(C(F)(F)P(=O)(O)O)cc2)cc1. The van der Waals surface area contributed by atoms with Crippen molar-refractivity contribution < 1.29 is 49.8 Å². The Hall–Kier alpha value is -3.42. The molecule has 0 saturated carbocycles. The number of sulfonamides is 1. The molecule has 14 heteroatoms. The first-order valence-electron chi connectivity index (χ1n) is 14.3. The maximum atomic E-state index is 14.4. The topological polar surface area (TPSA) is 136 Å². The molecule has 0 radical (unpaired) electrons. The molecule has 0 heterocycles. The Balaban J connectivity index is 1.69. The second kappa shape index (κ2) is 14.8. The Bertz CT molecular complexity index is 1710. The van der Waals surface area contributed by atoms with Crippen molar-refractivity contribution in [2.45, 2.75) is 37.0 Å². The number of benzene rings is 4. The van der Waals surface area contributed by atoms with E-state index in [1.165, 1.54) is 24.3 Å². The Kier molecular flexibility index (Phi) is 11.5. The fourth-order valence-electron chi connectivity index (χ4n) is 5.07. The number of hydrogen-bond acceptors (Lipinski definition) is 5. The standard InChI is InChI=1S/C33H34F4NO7PS/c34-32(35,46(39,40)41)29-15-11-25(12-16-29)19-31(23-44-21-27-7-3-1-4-8-27,24-45-22-28-9-5-2-6-10-28)20-26-13-17-30(18-14-26)33(36,37)47(38,42)43/h1-18H,19-24H2,(H2,38,42,43)(H2,39,40,41). The minimum absolute atomic E-state index is 0.0617. The van der Waals surface area contributed by atoms with Crippen molar-refractivity contribution in [3.05, 3.63) is 143 Å². The number of rotatable bonds is 16. The van der Waals surface area contributed by atoms with Crippen LogP contribution < -0.4 is 5.14 Å². The van der Waals surface area contributed by atoms with Gasteiger partial charge in [-0.05, 0) is 35.1 Å². The molecule has 0 saturated heterocycles. The number of ether oxygens (including phenoxy) is 2. The molecule has 0 amide bonds. The summed E-state index contributed by atoms with van der Waals surface area (Å²) < 4.78 is 104. The van der Waals surface area contributed by atoms with E-state index in [1.807, 2.05) is 60.7 Å². The minimum Gasteiger partial charge on any atom is -0.376 e. The lowest BCUT2D eigenvalue weighted by Gasteiger charge is -2.34. The average molecular weight is 696 g/mol. The van der Waals surface area contributed by atoms with Gasteiger partial charge in [0.2, 0.25) is 0 Å². The van der Waals surface area contributed by atoms with Crippen LogP contribution in [0, 0.1) is 5.41 Å². The van der Waals surface area contributed by atoms with Crippen molar-refractivity contribution in [2.24, 2.45) is 10.6 Å². The number of alkyl halides is 4. The van der Waals surface area contributed by atoms with Gasteiger partial charge in [-0.25, -0.2) is 13.6 Å². The lowest BCUT2D eigenvalue weighted by Crippen LogP contribution is -2.37. The minimum atomic E-state index is -5.78. The summed E-state index contributed by atoms with van der Waals surface area (Å²) in [6.07, 6.45) is 0.325. The van der Waals surface area contributed by atoms with Crippen LogP contribution in [0.1, 0.15) is 33.4 Å². The van der Waals surface area contributed by atoms with E-state index in [4.69, 9.17) is 24.4 Å². The molecule has 0 unspecified atom stereocenters. The lowest BCUT2D eigenvalue weighted by molar-refractivity contribution is -0.0332. The van der Waals surface area contributed by atoms with E-state index in [0.29, 0.717) is 11.1 Å². The zero-order chi connectivity index (χ0) is 34.3. The summed E-state index contributed by atoms with van der Waals surface area (Å²) in [5, 5.41) is 0.428. The molecule has 252 valence electrons. The fourth-order valence-corrected chi connectivity index (χ4v) is 6.02. The third kappa shape index (κ3) is 9.35. The Morgan fingerprint density at radius 3 is 1.36 bits per heavy atom. The van der Waals surface area contributed by atoms with Crippen LogP contribution in [0.4, 0.5) is 17.6 Å². The zero-order valence-corrected chi connectivity index (χ0v) is 26.7. The van der Waals surface area contributed by atoms with Crippen LogP contribution in [0.15, 0.2) is 109 Å². The van der Waals surface area contributed by atoms with Crippen molar-refractivity contribution in [1.29, 1.82) is 0 Å². The van der Waals surface area contributed by atoms with Gasteiger partial charge in [-0.2, -0.15) is 17.6 Å². The molecule has 4 aromatic rings. The van der Waals surface area contributed by atoms with Crippen LogP contribution in [0.2, 0.25) is 0 Å². The van der Waals surface area contributed by atoms with Gasteiger partial charge in [0, 0.05) is 16.5 Å². The van der Waals surface area contributed by atoms with Gasteiger partial charge in [-0.3, -0.25) is 4.57 Å². The summed E-state index contributed by atoms with van der Waals surface area (Å²) in [6, 6.07) is 27.8. The monoisotopic (exact) mass is 695 g/mol. The first-order chi connectivity index (χ1) is 22.0. The van der Waals surface area contributed by atoms with E-state index in [-0.39, 0.29) is 39.3 Å². The quantitative estimate of drug-likeness (QED) is 0.0905. The average Bonchev–Trinajstić information content (AvgIpc) is 3.01. The summed E-state index contributed by atoms with van der Waals surface area (Å²) >= 11 is 0. The molecule has 4 N–H and O–H groups in total. The Labute approximate surface area is 270 Å². The van der Waals surface area contributed by atoms with E-state index in [2.05, 4.69) is 0 Å². The zero-order valence-electron chi connectivity index (χ0n) is 25.0. The molecular weight excluding hydrogens is 661 g/mol. The number of halogens is 4. The molecule has 0 aromatic heterocycles. The molecule has 8 nitrogen and oxygen atoms in total. The first-order valence-corrected chi connectivity index (χ1v) is 17.4. The number of nitrogens with two attached hydrogens (primary N) is 1. The third-order valence-electron chi connectivity index (χ3n) is 7.51. The molecular formula is C33H34F4NO7PS. The summed E-state index contributed by atoms with van der Waals surface area (Å²) in [5.74, 6) is 0. The van der Waals surface area contributed by atoms with Gasteiger partial charge in [0.25, 0.3) is 10.0 Å². The van der Waals surface area contributed by atoms with Gasteiger partial charge < -0.3 is 19.3 Å². The highest BCUT2D eigenvalue weighted by Gasteiger charge is 2.50. The molecule has 4 aromatic carbocycles. The molecule has 0 aliphatic heterocycles. The second-order valence-electron chi connectivity index (χ2n) is 11.4. The van der Waals surface area contributed by atoms with Gasteiger partial charge in [0.1, 0.15) is 0 Å². The predicted molar refractivity (Wildman–Crippen MR) is 168 cm³/mol. The molecule has 0 bridgehead atoms. The summed E-state index contributed by atoms with van der Waals surface area (Å²) in [6.45, 7) is 0.556. The van der Waals surface area contributed by atoms with Crippen LogP contribution in [0.3, 0.4) is 0 Å². The normalized spacial score (nSPS) is 13.1. The van der Waals surface area contributed by atoms with E-state index >= 15 is 0 Å². The summed E-state index contributed by atoms with van der Waals surface area (Å²) in [4.78, 5) is 18.3. The van der Waals surface area contributed by atoms with E-state index in [1.54, 1.807) is 0 Å². The van der Waals surface area contributed by atoms with Crippen molar-refractivity contribution in [1.82, 2.24) is 0 Å². The van der Waals surface area contributed by atoms with Crippen LogP contribution in [0.5, 0.6) is 0 Å². The molecule has 4 rings (SSSR count). The first kappa shape index (κ1) is 36.4. The highest BCUT2D eigenvalue weighted by molar-refractivity contribution is 7.89. The van der Waals surface area contributed by atoms with Crippen LogP contribution in [0.25, 0.3) is 0 Å². The van der Waals surface area contributed by atoms with E-state index in [0.717, 1.165) is 35.4 Å². The highest BCUT2D eigenvalue weighted by atomic mass is 32.2. The maximum absolute atomic E-state index is 14.4. The molecule has 0 fully saturated rings. The van der Waals surface area contributed by atoms with Crippen LogP contribution in [-0.4, -0.2) is 31.4 Å². The largest absolute Gasteiger partial charge is 0.399 e. The predicted octanol–water partition coefficient (Wildman–Crippen LogP) is 6.46. The lowest BCUT2D eigenvalue weighted by atomic mass is 9.77. The van der Waals surface area contributed by atoms with Gasteiger partial charge in [-0.15, -0.1) is 0 Å². The fraction of sp³-hybridized carbons (Fsp3) is 0.273. The van der Waals surface area contributed by atoms with E-state index in [9.17, 15) is 30.5 Å². The van der Waals surface area contributed by atoms with Gasteiger partial charge in [0.05, 0.1) is 26.4 Å². The van der Waals surface area contributed by atoms with Crippen LogP contribution in [-0.2, 0) is 61.0 Å². The number of hydrogen-bond donors (Lipinski definition) is 3. The second-order valence-corrected chi connectivity index (χ2v) is 14.6. The molecule has 47 heavy (non-hydrogen) atoms. The maximum Gasteiger partial charge on any atom is 0.399 e. The van der Waals surface area contributed by atoms with Crippen molar-refractivity contribution >= 4 is 17.6 Å². The summed E-state index contributed by atoms with van der Waals surface area (Å²) in [5.41, 5.74) is -4.18. The Morgan fingerprint density at radius 2 is 1.00 bits per heavy atom. The summed E-state index contributed by atoms with van der Waals surface area (Å²) in [7, 11) is -11.0. The molecule has 0 atom stereocenters. The van der Waals surface area contributed by atoms with Crippen molar-refractivity contribution in [3.63, 3.8) is 0 Å². The molecule has 0 aliphatic rings. The van der Waals surface area contributed by atoms with Crippen molar-refractivity contribution in [3.8, 4) is 0 Å². The highest BCUT2D eigenvalue weighted by Crippen LogP contribution is 2.59. The smallest absolute Gasteiger partial charge is 0.376 e. The van der Waals surface area contributed by atoms with E-state index < -0.39 is 45.1 Å². The molecule has 0 spiro atoms. The number of primary sulfonamides is 1.